The number of benzene rings is 2. The second kappa shape index (κ2) is 15.4. The fourth-order valence-electron chi connectivity index (χ4n) is 4.22. The van der Waals surface area contributed by atoms with Crippen molar-refractivity contribution in [3.8, 4) is 5.75 Å². The zero-order valence-corrected chi connectivity index (χ0v) is 23.3. The van der Waals surface area contributed by atoms with Crippen molar-refractivity contribution in [3.05, 3.63) is 64.2 Å². The van der Waals surface area contributed by atoms with Gasteiger partial charge in [0.1, 0.15) is 5.75 Å². The molecular formula is C28H33Cl2N3O6. The van der Waals surface area contributed by atoms with E-state index in [4.69, 9.17) is 33.0 Å². The Morgan fingerprint density at radius 3 is 2.54 bits per heavy atom. The third-order valence-electron chi connectivity index (χ3n) is 6.32. The van der Waals surface area contributed by atoms with E-state index < -0.39 is 11.9 Å². The van der Waals surface area contributed by atoms with E-state index in [-0.39, 0.29) is 5.91 Å². The summed E-state index contributed by atoms with van der Waals surface area (Å²) < 4.78 is 10.0. The molecule has 0 spiro atoms. The molecule has 0 saturated carbocycles. The van der Waals surface area contributed by atoms with Gasteiger partial charge in [-0.05, 0) is 49.6 Å². The van der Waals surface area contributed by atoms with Crippen molar-refractivity contribution in [1.29, 1.82) is 0 Å². The number of hydrogen-bond acceptors (Lipinski definition) is 7. The van der Waals surface area contributed by atoms with E-state index >= 15 is 0 Å². The number of carboxylic acid groups (broad SMARTS) is 1. The summed E-state index contributed by atoms with van der Waals surface area (Å²) in [5.41, 5.74) is 3.10. The Morgan fingerprint density at radius 1 is 1.05 bits per heavy atom. The molecule has 1 fully saturated rings. The molecule has 2 aliphatic rings. The number of unbranched alkanes of at least 4 members (excludes halogenated alkanes) is 1. The lowest BCUT2D eigenvalue weighted by Gasteiger charge is -2.36. The van der Waals surface area contributed by atoms with Crippen molar-refractivity contribution in [3.63, 3.8) is 0 Å². The lowest BCUT2D eigenvalue weighted by atomic mass is 10.0. The number of anilines is 2. The quantitative estimate of drug-likeness (QED) is 0.251. The number of ether oxygens (including phenoxy) is 2. The normalized spacial score (nSPS) is 15.2. The number of hydrogen-bond donors (Lipinski definition) is 2. The molecule has 0 aliphatic carbocycles. The number of aryl methyl sites for hydroxylation is 1. The molecule has 1 saturated heterocycles. The number of halogens is 2. The highest BCUT2D eigenvalue weighted by Gasteiger charge is 2.19. The molecule has 210 valence electrons. The minimum absolute atomic E-state index is 0.0809. The second-order valence-corrected chi connectivity index (χ2v) is 9.80. The Labute approximate surface area is 238 Å². The van der Waals surface area contributed by atoms with E-state index in [1.54, 1.807) is 0 Å². The molecule has 1 amide bonds. The number of nitrogens with zero attached hydrogens (tertiary/aromatic N) is 2. The van der Waals surface area contributed by atoms with Crippen LogP contribution in [0.15, 0.2) is 48.6 Å². The molecule has 0 aromatic heterocycles. The maximum Gasteiger partial charge on any atom is 0.330 e. The topological polar surface area (TPSA) is 108 Å². The molecule has 9 nitrogen and oxygen atoms in total. The van der Waals surface area contributed by atoms with Crippen molar-refractivity contribution >= 4 is 52.4 Å². The van der Waals surface area contributed by atoms with Crippen LogP contribution in [0.5, 0.6) is 5.75 Å². The first kappa shape index (κ1) is 30.3. The first-order valence-electron chi connectivity index (χ1n) is 12.7. The zero-order valence-electron chi connectivity index (χ0n) is 21.8. The third kappa shape index (κ3) is 9.76. The predicted octanol–water partition coefficient (Wildman–Crippen LogP) is 4.66. The summed E-state index contributed by atoms with van der Waals surface area (Å²) in [4.78, 5) is 36.2. The third-order valence-corrected chi connectivity index (χ3v) is 7.13. The minimum atomic E-state index is -1.17. The van der Waals surface area contributed by atoms with Crippen molar-refractivity contribution in [2.75, 3.05) is 56.7 Å². The van der Waals surface area contributed by atoms with E-state index in [1.807, 2.05) is 30.3 Å². The minimum Gasteiger partial charge on any atom is -0.494 e. The van der Waals surface area contributed by atoms with Crippen LogP contribution in [0, 0.1) is 0 Å². The van der Waals surface area contributed by atoms with Crippen LogP contribution in [0.25, 0.3) is 0 Å². The Bertz CT molecular complexity index is 1180. The van der Waals surface area contributed by atoms with Gasteiger partial charge in [0.2, 0.25) is 5.91 Å². The van der Waals surface area contributed by atoms with E-state index in [0.717, 1.165) is 75.2 Å². The molecule has 2 heterocycles. The predicted molar refractivity (Wildman–Crippen MR) is 152 cm³/mol. The highest BCUT2D eigenvalue weighted by Crippen LogP contribution is 2.33. The first-order chi connectivity index (χ1) is 18.8. The monoisotopic (exact) mass is 577 g/mol. The Kier molecular flexibility index (Phi) is 11.9. The molecule has 0 radical (unpaired) electrons. The number of amides is 1. The number of piperazine rings is 1. The fraction of sp³-hybridized carbons (Fsp3) is 0.393. The standard InChI is InChI=1S/C23H27Cl2N3O2.C5H6O4/c24-19-4-3-5-21(23(19)25)28-13-11-27(12-14-28)10-1-2-15-30-18-8-6-17-7-9-22(29)26-20(17)16-18;1-9-5(8)3-2-4(6)7/h3-6,8,16H,1-2,7,9-15H2,(H,26,29);2-3H,1H3,(H,6,7)/b;3-2-. The van der Waals surface area contributed by atoms with Crippen molar-refractivity contribution in [1.82, 2.24) is 4.90 Å². The van der Waals surface area contributed by atoms with Crippen LogP contribution in [-0.2, 0) is 25.5 Å². The number of methoxy groups -OCH3 is 1. The summed E-state index contributed by atoms with van der Waals surface area (Å²) in [6.07, 6.45) is 5.02. The molecule has 2 aromatic rings. The van der Waals surface area contributed by atoms with Crippen molar-refractivity contribution < 1.29 is 29.0 Å². The Balaban J connectivity index is 0.000000403. The number of rotatable bonds is 9. The SMILES string of the molecule is COC(=O)/C=C\C(=O)O.O=C1CCc2ccc(OCCCCN3CCN(c4cccc(Cl)c4Cl)CC3)cc2N1. The van der Waals surface area contributed by atoms with Gasteiger partial charge in [0.25, 0.3) is 0 Å². The number of aliphatic carboxylic acids is 1. The molecule has 0 unspecified atom stereocenters. The second-order valence-electron chi connectivity index (χ2n) is 9.02. The van der Waals surface area contributed by atoms with E-state index in [2.05, 4.69) is 25.9 Å². The highest BCUT2D eigenvalue weighted by molar-refractivity contribution is 6.43. The van der Waals surface area contributed by atoms with E-state index in [9.17, 15) is 14.4 Å². The average molecular weight is 578 g/mol. The van der Waals surface area contributed by atoms with Gasteiger partial charge in [0.05, 0.1) is 29.4 Å². The summed E-state index contributed by atoms with van der Waals surface area (Å²) in [6.45, 7) is 5.71. The maximum atomic E-state index is 11.5. The lowest BCUT2D eigenvalue weighted by molar-refractivity contribution is -0.136. The smallest absolute Gasteiger partial charge is 0.330 e. The Morgan fingerprint density at radius 2 is 1.82 bits per heavy atom. The van der Waals surface area contributed by atoms with Crippen LogP contribution in [0.4, 0.5) is 11.4 Å². The molecule has 2 N–H and O–H groups in total. The van der Waals surface area contributed by atoms with Gasteiger partial charge in [-0.1, -0.05) is 35.3 Å². The van der Waals surface area contributed by atoms with Crippen LogP contribution >= 0.6 is 23.2 Å². The van der Waals surface area contributed by atoms with Gasteiger partial charge in [0, 0.05) is 56.5 Å². The summed E-state index contributed by atoms with van der Waals surface area (Å²) in [5, 5.41) is 12.1. The molecule has 39 heavy (non-hydrogen) atoms. The maximum absolute atomic E-state index is 11.5. The lowest BCUT2D eigenvalue weighted by Crippen LogP contribution is -2.46. The summed E-state index contributed by atoms with van der Waals surface area (Å²) >= 11 is 12.5. The first-order valence-corrected chi connectivity index (χ1v) is 13.5. The average Bonchev–Trinajstić information content (AvgIpc) is 2.93. The van der Waals surface area contributed by atoms with Gasteiger partial charge < -0.3 is 24.8 Å². The summed E-state index contributed by atoms with van der Waals surface area (Å²) in [6, 6.07) is 11.8. The molecule has 2 aromatic carbocycles. The van der Waals surface area contributed by atoms with Gasteiger partial charge in [0.15, 0.2) is 0 Å². The van der Waals surface area contributed by atoms with Gasteiger partial charge in [-0.15, -0.1) is 0 Å². The summed E-state index contributed by atoms with van der Waals surface area (Å²) in [7, 11) is 1.18. The van der Waals surface area contributed by atoms with Gasteiger partial charge in [-0.25, -0.2) is 9.59 Å². The van der Waals surface area contributed by atoms with E-state index in [0.29, 0.717) is 29.1 Å². The van der Waals surface area contributed by atoms with Crippen LogP contribution in [0.1, 0.15) is 24.8 Å². The molecule has 0 atom stereocenters. The van der Waals surface area contributed by atoms with Crippen LogP contribution in [0.3, 0.4) is 0 Å². The largest absolute Gasteiger partial charge is 0.494 e. The summed E-state index contributed by atoms with van der Waals surface area (Å²) in [5.74, 6) is -0.932. The van der Waals surface area contributed by atoms with E-state index in [1.165, 1.54) is 12.7 Å². The number of fused-ring (bicyclic) bond motifs is 1. The van der Waals surface area contributed by atoms with Crippen molar-refractivity contribution in [2.24, 2.45) is 0 Å². The molecule has 4 rings (SSSR count). The Hall–Kier alpha value is -3.27. The molecule has 11 heteroatoms. The molecular weight excluding hydrogens is 545 g/mol. The molecule has 2 aliphatic heterocycles. The number of esters is 1. The van der Waals surface area contributed by atoms with Gasteiger partial charge in [-0.3, -0.25) is 9.69 Å². The van der Waals surface area contributed by atoms with Crippen LogP contribution in [0.2, 0.25) is 10.0 Å². The number of carbonyl (C=O) groups is 3. The number of carboxylic acids is 1. The van der Waals surface area contributed by atoms with Crippen molar-refractivity contribution in [2.45, 2.75) is 25.7 Å². The van der Waals surface area contributed by atoms with Crippen LogP contribution < -0.4 is 15.0 Å². The fourth-order valence-corrected chi connectivity index (χ4v) is 4.64. The van der Waals surface area contributed by atoms with Gasteiger partial charge >= 0.3 is 11.9 Å². The highest BCUT2D eigenvalue weighted by atomic mass is 35.5. The zero-order chi connectivity index (χ0) is 28.2. The van der Waals surface area contributed by atoms with Gasteiger partial charge in [-0.2, -0.15) is 0 Å². The molecule has 0 bridgehead atoms. The van der Waals surface area contributed by atoms with Crippen LogP contribution in [-0.4, -0.2) is 74.3 Å². The number of nitrogens with one attached hydrogen (secondary N) is 1. The number of carbonyl (C=O) groups excluding carboxylic acids is 2.